The van der Waals surface area contributed by atoms with E-state index < -0.39 is 5.30 Å². The molecule has 0 spiro atoms. The fraction of sp³-hybridized carbons (Fsp3) is 0.800. The van der Waals surface area contributed by atoms with Crippen LogP contribution in [-0.2, 0) is 4.74 Å². The van der Waals surface area contributed by atoms with Crippen molar-refractivity contribution in [2.75, 3.05) is 6.61 Å². The van der Waals surface area contributed by atoms with Crippen LogP contribution in [0.5, 0.6) is 0 Å². The summed E-state index contributed by atoms with van der Waals surface area (Å²) in [6.45, 7) is 2.53. The number of carbonyl (C=O) groups excluding carboxylic acids is 1. The average molecular weight is 171 g/mol. The Bertz CT molecular complexity index is 77.4. The molecule has 0 unspecified atom stereocenters. The van der Waals surface area contributed by atoms with Gasteiger partial charge in [0.2, 0.25) is 0 Å². The van der Waals surface area contributed by atoms with Crippen LogP contribution in [0.2, 0.25) is 0 Å². The van der Waals surface area contributed by atoms with Gasteiger partial charge in [-0.1, -0.05) is 26.0 Å². The van der Waals surface area contributed by atoms with Crippen LogP contribution < -0.4 is 0 Å². The monoisotopic (exact) mass is 170 g/mol. The van der Waals surface area contributed by atoms with E-state index in [0.29, 0.717) is 6.61 Å². The van der Waals surface area contributed by atoms with Crippen molar-refractivity contribution in [3.8, 4) is 0 Å². The van der Waals surface area contributed by atoms with Gasteiger partial charge in [-0.25, -0.2) is 4.79 Å². The smallest absolute Gasteiger partial charge is 0.364 e. The summed E-state index contributed by atoms with van der Waals surface area (Å²) in [4.78, 5) is 9.96. The fourth-order valence-electron chi connectivity index (χ4n) is 0.304. The van der Waals surface area contributed by atoms with Crippen LogP contribution in [0.1, 0.15) is 19.8 Å². The van der Waals surface area contributed by atoms with Crippen LogP contribution in [0.15, 0.2) is 0 Å². The lowest BCUT2D eigenvalue weighted by Crippen LogP contribution is -1.94. The van der Waals surface area contributed by atoms with Crippen molar-refractivity contribution >= 4 is 30.3 Å². The van der Waals surface area contributed by atoms with Gasteiger partial charge in [-0.15, -0.1) is 12.4 Å². The van der Waals surface area contributed by atoms with E-state index in [0.717, 1.165) is 12.8 Å². The van der Waals surface area contributed by atoms with E-state index in [1.54, 1.807) is 0 Å². The summed E-state index contributed by atoms with van der Waals surface area (Å²) in [6.07, 6.45) is 1.97. The van der Waals surface area contributed by atoms with E-state index in [9.17, 15) is 4.79 Å². The second-order valence-electron chi connectivity index (χ2n) is 1.47. The van der Waals surface area contributed by atoms with E-state index >= 15 is 0 Å². The standard InChI is InChI=1S/C5H10O2S.ClH/c1-2-3-4-7-5(6)8;/h2-4H2,1H3,(H,6,8);1H. The molecule has 0 bridgehead atoms. The molecule has 9 heavy (non-hydrogen) atoms. The van der Waals surface area contributed by atoms with Gasteiger partial charge in [0.05, 0.1) is 6.61 Å². The molecule has 0 atom stereocenters. The van der Waals surface area contributed by atoms with Crippen molar-refractivity contribution in [3.05, 3.63) is 0 Å². The molecule has 0 N–H and O–H groups in total. The van der Waals surface area contributed by atoms with Crippen molar-refractivity contribution in [3.63, 3.8) is 0 Å². The Morgan fingerprint density at radius 2 is 2.22 bits per heavy atom. The predicted molar refractivity (Wildman–Crippen MR) is 42.5 cm³/mol. The number of unbranched alkanes of at least 4 members (excludes halogenated alkanes) is 1. The highest BCUT2D eigenvalue weighted by molar-refractivity contribution is 7.96. The summed E-state index contributed by atoms with van der Waals surface area (Å²) in [5, 5.41) is -0.488. The van der Waals surface area contributed by atoms with Gasteiger partial charge < -0.3 is 4.74 Å². The maximum absolute atomic E-state index is 9.96. The fourth-order valence-corrected chi connectivity index (χ4v) is 0.395. The first kappa shape index (κ1) is 11.9. The second-order valence-corrected chi connectivity index (χ2v) is 1.83. The van der Waals surface area contributed by atoms with Gasteiger partial charge in [0.25, 0.3) is 0 Å². The van der Waals surface area contributed by atoms with Gasteiger partial charge in [-0.3, -0.25) is 0 Å². The van der Waals surface area contributed by atoms with E-state index in [2.05, 4.69) is 17.4 Å². The van der Waals surface area contributed by atoms with Crippen molar-refractivity contribution in [1.29, 1.82) is 0 Å². The Labute approximate surface area is 66.8 Å². The molecular formula is C5H11ClO2S. The predicted octanol–water partition coefficient (Wildman–Crippen LogP) is 2.27. The summed E-state index contributed by atoms with van der Waals surface area (Å²) in [7, 11) is 0. The normalized spacial score (nSPS) is 7.78. The molecule has 0 fully saturated rings. The Balaban J connectivity index is 0. The summed E-state index contributed by atoms with van der Waals surface area (Å²) >= 11 is 3.41. The first-order valence-corrected chi connectivity index (χ1v) is 3.07. The molecule has 0 rings (SSSR count). The summed E-state index contributed by atoms with van der Waals surface area (Å²) < 4.78 is 4.51. The molecule has 0 amide bonds. The first-order chi connectivity index (χ1) is 3.77. The van der Waals surface area contributed by atoms with E-state index in [4.69, 9.17) is 0 Å². The Kier molecular flexibility index (Phi) is 10.7. The van der Waals surface area contributed by atoms with Gasteiger partial charge in [-0.2, -0.15) is 0 Å². The number of hydrogen-bond acceptors (Lipinski definition) is 2. The number of thiol groups is 1. The molecule has 56 valence electrons. The molecule has 0 aromatic carbocycles. The SMILES string of the molecule is CCCCOC(=O)S.Cl. The van der Waals surface area contributed by atoms with Crippen LogP contribution in [0.25, 0.3) is 0 Å². The summed E-state index contributed by atoms with van der Waals surface area (Å²) in [6, 6.07) is 0. The largest absolute Gasteiger partial charge is 0.458 e. The van der Waals surface area contributed by atoms with Crippen molar-refractivity contribution in [2.45, 2.75) is 19.8 Å². The lowest BCUT2D eigenvalue weighted by Gasteiger charge is -1.95. The Morgan fingerprint density at radius 1 is 1.67 bits per heavy atom. The maximum atomic E-state index is 9.96. The number of rotatable bonds is 3. The molecule has 0 aromatic rings. The quantitative estimate of drug-likeness (QED) is 0.400. The van der Waals surface area contributed by atoms with Crippen molar-refractivity contribution in [1.82, 2.24) is 0 Å². The number of carbonyl (C=O) groups is 1. The molecule has 0 aliphatic heterocycles. The van der Waals surface area contributed by atoms with Crippen LogP contribution in [0.3, 0.4) is 0 Å². The molecule has 0 aliphatic carbocycles. The van der Waals surface area contributed by atoms with Gasteiger partial charge in [-0.05, 0) is 6.42 Å². The average Bonchev–Trinajstić information content (AvgIpc) is 1.66. The minimum atomic E-state index is -0.488. The third-order valence-electron chi connectivity index (χ3n) is 0.723. The second kappa shape index (κ2) is 8.11. The minimum absolute atomic E-state index is 0. The number of halogens is 1. The molecule has 0 aromatic heterocycles. The highest BCUT2D eigenvalue weighted by Gasteiger charge is 1.89. The zero-order chi connectivity index (χ0) is 6.41. The van der Waals surface area contributed by atoms with Gasteiger partial charge >= 0.3 is 5.30 Å². The molecule has 0 saturated carbocycles. The lowest BCUT2D eigenvalue weighted by atomic mass is 10.4. The molecule has 0 heterocycles. The third-order valence-corrected chi connectivity index (χ3v) is 0.853. The topological polar surface area (TPSA) is 26.3 Å². The van der Waals surface area contributed by atoms with Crippen LogP contribution >= 0.6 is 25.0 Å². The first-order valence-electron chi connectivity index (χ1n) is 2.63. The third kappa shape index (κ3) is 11.6. The van der Waals surface area contributed by atoms with Crippen LogP contribution in [0.4, 0.5) is 4.79 Å². The highest BCUT2D eigenvalue weighted by atomic mass is 35.5. The zero-order valence-electron chi connectivity index (χ0n) is 5.29. The minimum Gasteiger partial charge on any atom is -0.458 e. The molecule has 4 heteroatoms. The van der Waals surface area contributed by atoms with Gasteiger partial charge in [0, 0.05) is 0 Å². The van der Waals surface area contributed by atoms with E-state index in [1.165, 1.54) is 0 Å². The van der Waals surface area contributed by atoms with Crippen LogP contribution in [0, 0.1) is 0 Å². The van der Waals surface area contributed by atoms with E-state index in [1.807, 2.05) is 6.92 Å². The number of hydrogen-bond donors (Lipinski definition) is 1. The van der Waals surface area contributed by atoms with Crippen LogP contribution in [-0.4, -0.2) is 11.9 Å². The number of ether oxygens (including phenoxy) is 1. The maximum Gasteiger partial charge on any atom is 0.364 e. The highest BCUT2D eigenvalue weighted by Crippen LogP contribution is 1.90. The molecule has 0 radical (unpaired) electrons. The van der Waals surface area contributed by atoms with Gasteiger partial charge in [0.1, 0.15) is 0 Å². The van der Waals surface area contributed by atoms with Crippen molar-refractivity contribution in [2.24, 2.45) is 0 Å². The molecule has 2 nitrogen and oxygen atoms in total. The lowest BCUT2D eigenvalue weighted by molar-refractivity contribution is 0.174. The molecule has 0 aliphatic rings. The Hall–Kier alpha value is 0.110. The molecule has 0 saturated heterocycles. The van der Waals surface area contributed by atoms with E-state index in [-0.39, 0.29) is 12.4 Å². The van der Waals surface area contributed by atoms with Crippen molar-refractivity contribution < 1.29 is 9.53 Å². The molecular weight excluding hydrogens is 160 g/mol. The summed E-state index contributed by atoms with van der Waals surface area (Å²) in [5.41, 5.74) is 0. The summed E-state index contributed by atoms with van der Waals surface area (Å²) in [5.74, 6) is 0. The zero-order valence-corrected chi connectivity index (χ0v) is 7.00. The Morgan fingerprint density at radius 3 is 2.56 bits per heavy atom. The van der Waals surface area contributed by atoms with Gasteiger partial charge in [0.15, 0.2) is 0 Å².